The number of hydrogen-bond donors (Lipinski definition) is 2. The molecule has 0 unspecified atom stereocenters. The lowest BCUT2D eigenvalue weighted by Crippen LogP contribution is -2.41. The zero-order valence-electron chi connectivity index (χ0n) is 13.0. The number of rotatable bonds is 7. The smallest absolute Gasteiger partial charge is 0.345 e. The predicted octanol–water partition coefficient (Wildman–Crippen LogP) is 1.05. The second-order valence-corrected chi connectivity index (χ2v) is 5.43. The molecule has 130 valence electrons. The van der Waals surface area contributed by atoms with E-state index >= 15 is 0 Å². The van der Waals surface area contributed by atoms with Crippen molar-refractivity contribution >= 4 is 35.1 Å². The minimum Gasteiger partial charge on any atom is -0.452 e. The van der Waals surface area contributed by atoms with Gasteiger partial charge in [0, 0.05) is 17.1 Å². The zero-order chi connectivity index (χ0) is 18.3. The summed E-state index contributed by atoms with van der Waals surface area (Å²) in [6.45, 7) is 2.57. The van der Waals surface area contributed by atoms with Crippen LogP contribution in [0.25, 0.3) is 0 Å². The number of hydrogen-bond acceptors (Lipinski definition) is 6. The summed E-state index contributed by atoms with van der Waals surface area (Å²) in [6.07, 6.45) is 0. The number of carbonyl (C=O) groups is 3. The fourth-order valence-corrected chi connectivity index (χ4v) is 1.81. The topological polar surface area (TPSA) is 128 Å². The molecule has 2 N–H and O–H groups in total. The molecule has 0 radical (unpaired) electrons. The maximum absolute atomic E-state index is 11.9. The van der Waals surface area contributed by atoms with Crippen LogP contribution < -0.4 is 10.6 Å². The van der Waals surface area contributed by atoms with Gasteiger partial charge in [-0.25, -0.2) is 4.79 Å². The van der Waals surface area contributed by atoms with E-state index in [2.05, 4.69) is 10.6 Å². The van der Waals surface area contributed by atoms with Crippen LogP contribution in [0.4, 0.5) is 5.69 Å². The Morgan fingerprint density at radius 3 is 2.54 bits per heavy atom. The van der Waals surface area contributed by atoms with Gasteiger partial charge in [0.1, 0.15) is 5.56 Å². The van der Waals surface area contributed by atoms with E-state index in [0.29, 0.717) is 0 Å². The maximum Gasteiger partial charge on any atom is 0.345 e. The minimum absolute atomic E-state index is 0.0735. The summed E-state index contributed by atoms with van der Waals surface area (Å²) in [6, 6.07) is 3.33. The maximum atomic E-state index is 11.9. The molecule has 10 heteroatoms. The van der Waals surface area contributed by atoms with Crippen LogP contribution in [0.15, 0.2) is 18.2 Å². The average molecular weight is 358 g/mol. The summed E-state index contributed by atoms with van der Waals surface area (Å²) < 4.78 is 4.70. The van der Waals surface area contributed by atoms with Gasteiger partial charge >= 0.3 is 5.97 Å². The molecule has 0 bridgehead atoms. The molecule has 1 aromatic rings. The molecular weight excluding hydrogens is 342 g/mol. The molecule has 0 aliphatic rings. The van der Waals surface area contributed by atoms with Crippen molar-refractivity contribution in [3.63, 3.8) is 0 Å². The number of ether oxygens (including phenoxy) is 1. The van der Waals surface area contributed by atoms with E-state index in [9.17, 15) is 24.5 Å². The Morgan fingerprint density at radius 1 is 1.29 bits per heavy atom. The molecule has 24 heavy (non-hydrogen) atoms. The monoisotopic (exact) mass is 357 g/mol. The highest BCUT2D eigenvalue weighted by molar-refractivity contribution is 6.31. The second kappa shape index (κ2) is 8.82. The number of benzene rings is 1. The number of nitro groups is 1. The van der Waals surface area contributed by atoms with Crippen molar-refractivity contribution < 1.29 is 24.0 Å². The fourth-order valence-electron chi connectivity index (χ4n) is 1.64. The summed E-state index contributed by atoms with van der Waals surface area (Å²) in [5.74, 6) is -2.17. The molecule has 0 saturated heterocycles. The molecule has 0 aliphatic carbocycles. The van der Waals surface area contributed by atoms with E-state index in [1.54, 1.807) is 13.8 Å². The standard InChI is InChI=1S/C14H16ClN3O6/c1-8(2)17-12(19)6-16-13(20)7-24-14(21)10-5-9(15)3-4-11(10)18(22)23/h3-5,8H,6-7H2,1-2H3,(H,16,20)(H,17,19). The van der Waals surface area contributed by atoms with Crippen LogP contribution in [0.1, 0.15) is 24.2 Å². The van der Waals surface area contributed by atoms with Crippen LogP contribution in [-0.2, 0) is 14.3 Å². The molecule has 1 rings (SSSR count). The Bertz CT molecular complexity index is 662. The summed E-state index contributed by atoms with van der Waals surface area (Å²) in [4.78, 5) is 44.9. The van der Waals surface area contributed by atoms with Crippen molar-refractivity contribution in [2.45, 2.75) is 19.9 Å². The Hall–Kier alpha value is -2.68. The average Bonchev–Trinajstić information content (AvgIpc) is 2.49. The predicted molar refractivity (Wildman–Crippen MR) is 84.7 cm³/mol. The lowest BCUT2D eigenvalue weighted by Gasteiger charge is -2.09. The van der Waals surface area contributed by atoms with E-state index in [0.717, 1.165) is 12.1 Å². The van der Waals surface area contributed by atoms with Crippen molar-refractivity contribution in [2.75, 3.05) is 13.2 Å². The third-order valence-electron chi connectivity index (χ3n) is 2.61. The van der Waals surface area contributed by atoms with Crippen molar-refractivity contribution in [3.8, 4) is 0 Å². The molecule has 0 fully saturated rings. The first-order chi connectivity index (χ1) is 11.2. The van der Waals surface area contributed by atoms with Gasteiger partial charge in [-0.05, 0) is 26.0 Å². The van der Waals surface area contributed by atoms with Crippen molar-refractivity contribution in [1.82, 2.24) is 10.6 Å². The number of halogens is 1. The zero-order valence-corrected chi connectivity index (χ0v) is 13.8. The second-order valence-electron chi connectivity index (χ2n) is 4.99. The van der Waals surface area contributed by atoms with E-state index in [-0.39, 0.29) is 23.2 Å². The number of amides is 2. The number of nitrogens with one attached hydrogen (secondary N) is 2. The van der Waals surface area contributed by atoms with Crippen LogP contribution in [0.2, 0.25) is 5.02 Å². The quantitative estimate of drug-likeness (QED) is 0.426. The number of carbonyl (C=O) groups excluding carboxylic acids is 3. The van der Waals surface area contributed by atoms with Gasteiger partial charge in [0.15, 0.2) is 6.61 Å². The van der Waals surface area contributed by atoms with Gasteiger partial charge in [-0.1, -0.05) is 11.6 Å². The summed E-state index contributed by atoms with van der Waals surface area (Å²) in [5, 5.41) is 15.8. The van der Waals surface area contributed by atoms with Crippen LogP contribution in [0, 0.1) is 10.1 Å². The van der Waals surface area contributed by atoms with Crippen LogP contribution >= 0.6 is 11.6 Å². The molecule has 2 amide bonds. The molecule has 0 atom stereocenters. The highest BCUT2D eigenvalue weighted by atomic mass is 35.5. The van der Waals surface area contributed by atoms with Gasteiger partial charge in [-0.3, -0.25) is 19.7 Å². The Morgan fingerprint density at radius 2 is 1.96 bits per heavy atom. The normalized spacial score (nSPS) is 10.2. The summed E-state index contributed by atoms with van der Waals surface area (Å²) in [7, 11) is 0. The molecule has 0 saturated carbocycles. The van der Waals surface area contributed by atoms with Crippen molar-refractivity contribution in [2.24, 2.45) is 0 Å². The molecule has 0 aliphatic heterocycles. The van der Waals surface area contributed by atoms with Gasteiger partial charge in [0.25, 0.3) is 11.6 Å². The van der Waals surface area contributed by atoms with Gasteiger partial charge in [-0.2, -0.15) is 0 Å². The highest BCUT2D eigenvalue weighted by Gasteiger charge is 2.22. The van der Waals surface area contributed by atoms with Crippen molar-refractivity contribution in [3.05, 3.63) is 38.9 Å². The molecular formula is C14H16ClN3O6. The minimum atomic E-state index is -1.06. The van der Waals surface area contributed by atoms with Crippen LogP contribution in [-0.4, -0.2) is 41.9 Å². The first-order valence-corrected chi connectivity index (χ1v) is 7.25. The van der Waals surface area contributed by atoms with Gasteiger partial charge in [0.2, 0.25) is 5.91 Å². The highest BCUT2D eigenvalue weighted by Crippen LogP contribution is 2.23. The summed E-state index contributed by atoms with van der Waals surface area (Å²) in [5.41, 5.74) is -0.848. The number of nitrogens with zero attached hydrogens (tertiary/aromatic N) is 1. The fraction of sp³-hybridized carbons (Fsp3) is 0.357. The third-order valence-corrected chi connectivity index (χ3v) is 2.84. The van der Waals surface area contributed by atoms with E-state index in [1.165, 1.54) is 6.07 Å². The Balaban J connectivity index is 2.57. The van der Waals surface area contributed by atoms with E-state index in [1.807, 2.05) is 0 Å². The van der Waals surface area contributed by atoms with Gasteiger partial charge in [0.05, 0.1) is 11.5 Å². The third kappa shape index (κ3) is 6.21. The summed E-state index contributed by atoms with van der Waals surface area (Å²) >= 11 is 5.70. The van der Waals surface area contributed by atoms with E-state index < -0.39 is 35.0 Å². The molecule has 9 nitrogen and oxygen atoms in total. The van der Waals surface area contributed by atoms with Crippen molar-refractivity contribution in [1.29, 1.82) is 0 Å². The lowest BCUT2D eigenvalue weighted by molar-refractivity contribution is -0.385. The molecule has 0 aromatic heterocycles. The molecule has 0 spiro atoms. The first-order valence-electron chi connectivity index (χ1n) is 6.87. The van der Waals surface area contributed by atoms with Gasteiger partial charge in [-0.15, -0.1) is 0 Å². The van der Waals surface area contributed by atoms with Crippen LogP contribution in [0.3, 0.4) is 0 Å². The van der Waals surface area contributed by atoms with Crippen LogP contribution in [0.5, 0.6) is 0 Å². The van der Waals surface area contributed by atoms with E-state index in [4.69, 9.17) is 16.3 Å². The Labute approximate surface area is 142 Å². The first kappa shape index (κ1) is 19.4. The largest absolute Gasteiger partial charge is 0.452 e. The van der Waals surface area contributed by atoms with Gasteiger partial charge < -0.3 is 15.4 Å². The number of nitro benzene ring substituents is 1. The Kier molecular flexibility index (Phi) is 7.12. The lowest BCUT2D eigenvalue weighted by atomic mass is 10.2. The molecule has 0 heterocycles. The number of esters is 1. The molecule has 1 aromatic carbocycles. The SMILES string of the molecule is CC(C)NC(=O)CNC(=O)COC(=O)c1cc(Cl)ccc1[N+](=O)[O-].